The summed E-state index contributed by atoms with van der Waals surface area (Å²) in [5, 5.41) is 9.24. The van der Waals surface area contributed by atoms with Crippen LogP contribution in [0.5, 0.6) is 0 Å². The number of nitrogens with zero attached hydrogens (tertiary/aromatic N) is 2. The summed E-state index contributed by atoms with van der Waals surface area (Å²) >= 11 is 6.21. The minimum absolute atomic E-state index is 0.00245. The number of fused-ring (bicyclic) bond motifs is 1. The molecular formula is C18H18ClF2N3O4. The number of carbonyl (C=O) groups excluding carboxylic acids is 1. The third-order valence-electron chi connectivity index (χ3n) is 4.33. The largest absolute Gasteiger partial charge is 0.382 e. The van der Waals surface area contributed by atoms with E-state index in [1.54, 1.807) is 0 Å². The van der Waals surface area contributed by atoms with Crippen molar-refractivity contribution in [2.75, 3.05) is 31.8 Å². The van der Waals surface area contributed by atoms with Gasteiger partial charge < -0.3 is 20.3 Å². The average molecular weight is 414 g/mol. The quantitative estimate of drug-likeness (QED) is 0.528. The van der Waals surface area contributed by atoms with Gasteiger partial charge in [-0.05, 0) is 17.7 Å². The molecule has 0 bridgehead atoms. The maximum Gasteiger partial charge on any atom is 0.270 e. The summed E-state index contributed by atoms with van der Waals surface area (Å²) in [6.07, 6.45) is -0.523. The molecule has 1 amide bonds. The van der Waals surface area contributed by atoms with Crippen molar-refractivity contribution in [3.63, 3.8) is 0 Å². The number of hydrogen-bond donors (Lipinski definition) is 2. The van der Waals surface area contributed by atoms with Crippen LogP contribution >= 0.6 is 11.6 Å². The number of methoxy groups -OCH3 is 1. The number of aliphatic hydroxyl groups is 1. The number of anilines is 1. The molecule has 150 valence electrons. The molecule has 0 radical (unpaired) electrons. The molecule has 7 nitrogen and oxygen atoms in total. The highest BCUT2D eigenvalue weighted by atomic mass is 35.5. The second-order valence-electron chi connectivity index (χ2n) is 6.13. The number of benzene rings is 1. The molecule has 0 fully saturated rings. The lowest BCUT2D eigenvalue weighted by Gasteiger charge is -2.30. The van der Waals surface area contributed by atoms with Gasteiger partial charge in [-0.25, -0.2) is 13.8 Å². The number of aromatic nitrogens is 1. The molecule has 1 aliphatic rings. The Morgan fingerprint density at radius 2 is 2.00 bits per heavy atom. The van der Waals surface area contributed by atoms with E-state index in [0.717, 1.165) is 23.2 Å². The highest BCUT2D eigenvalue weighted by molar-refractivity contribution is 6.33. The van der Waals surface area contributed by atoms with Crippen LogP contribution in [0.3, 0.4) is 0 Å². The van der Waals surface area contributed by atoms with E-state index in [0.29, 0.717) is 0 Å². The third kappa shape index (κ3) is 3.36. The lowest BCUT2D eigenvalue weighted by molar-refractivity contribution is -0.140. The Hall–Kier alpha value is -2.17. The van der Waals surface area contributed by atoms with Crippen molar-refractivity contribution in [1.82, 2.24) is 4.98 Å². The van der Waals surface area contributed by atoms with Gasteiger partial charge in [0.2, 0.25) is 5.60 Å². The van der Waals surface area contributed by atoms with Crippen molar-refractivity contribution in [3.05, 3.63) is 58.2 Å². The van der Waals surface area contributed by atoms with E-state index in [-0.39, 0.29) is 41.7 Å². The molecule has 1 aliphatic heterocycles. The number of rotatable bonds is 7. The second-order valence-corrected chi connectivity index (χ2v) is 6.51. The summed E-state index contributed by atoms with van der Waals surface area (Å²) in [5.41, 5.74) is 3.73. The van der Waals surface area contributed by atoms with Crippen LogP contribution < -0.4 is 10.6 Å². The van der Waals surface area contributed by atoms with Crippen molar-refractivity contribution in [2.45, 2.75) is 11.8 Å². The Morgan fingerprint density at radius 3 is 2.61 bits per heavy atom. The zero-order chi connectivity index (χ0) is 20.5. The lowest BCUT2D eigenvalue weighted by atomic mass is 9.87. The molecule has 0 aliphatic carbocycles. The van der Waals surface area contributed by atoms with Gasteiger partial charge in [0.25, 0.3) is 5.91 Å². The number of aliphatic hydroxyl groups excluding tert-OH is 1. The number of halogens is 3. The van der Waals surface area contributed by atoms with Crippen molar-refractivity contribution in [1.29, 1.82) is 0 Å². The number of pyridine rings is 1. The fraction of sp³-hybridized carbons (Fsp3) is 0.333. The number of carbonyl (C=O) groups is 1. The maximum absolute atomic E-state index is 14.3. The monoisotopic (exact) mass is 413 g/mol. The van der Waals surface area contributed by atoms with Crippen LogP contribution in [-0.4, -0.2) is 49.1 Å². The first kappa shape index (κ1) is 20.6. The van der Waals surface area contributed by atoms with Gasteiger partial charge in [-0.1, -0.05) is 23.7 Å². The normalized spacial score (nSPS) is 19.8. The van der Waals surface area contributed by atoms with E-state index >= 15 is 0 Å². The van der Waals surface area contributed by atoms with Crippen LogP contribution in [0, 0.1) is 11.6 Å². The van der Waals surface area contributed by atoms with E-state index in [9.17, 15) is 18.7 Å². The van der Waals surface area contributed by atoms with Crippen LogP contribution in [0.25, 0.3) is 0 Å². The van der Waals surface area contributed by atoms with E-state index in [1.807, 2.05) is 0 Å². The van der Waals surface area contributed by atoms with Gasteiger partial charge in [0.05, 0.1) is 36.5 Å². The minimum Gasteiger partial charge on any atom is -0.382 e. The average Bonchev–Trinajstić information content (AvgIpc) is 2.89. The van der Waals surface area contributed by atoms with Crippen molar-refractivity contribution < 1.29 is 28.2 Å². The molecule has 2 atom stereocenters. The molecule has 0 spiro atoms. The van der Waals surface area contributed by atoms with Gasteiger partial charge >= 0.3 is 0 Å². The summed E-state index contributed by atoms with van der Waals surface area (Å²) in [5.74, 6) is -2.07. The smallest absolute Gasteiger partial charge is 0.270 e. The standard InChI is InChI=1S/C18H18ClF2N3O4/c1-27-6-7-28-18(10-2-4-11(20)5-3-10)14-15(19)12(21)8-23-16(14)24(17(18)26)9-13(22)25/h2-5,8,13,25H,6-7,9,22H2,1H3/t13?,18-/m0/s1. The highest BCUT2D eigenvalue weighted by Crippen LogP contribution is 2.49. The molecule has 3 rings (SSSR count). The van der Waals surface area contributed by atoms with Crippen LogP contribution in [0.4, 0.5) is 14.6 Å². The number of amides is 1. The first-order valence-corrected chi connectivity index (χ1v) is 8.69. The fourth-order valence-corrected chi connectivity index (χ4v) is 3.44. The Bertz CT molecular complexity index is 882. The molecule has 3 N–H and O–H groups in total. The molecule has 0 saturated carbocycles. The summed E-state index contributed by atoms with van der Waals surface area (Å²) in [4.78, 5) is 18.5. The zero-order valence-corrected chi connectivity index (χ0v) is 15.6. The Balaban J connectivity index is 2.27. The third-order valence-corrected chi connectivity index (χ3v) is 4.70. The lowest BCUT2D eigenvalue weighted by Crippen LogP contribution is -2.47. The van der Waals surface area contributed by atoms with Gasteiger partial charge in [0, 0.05) is 7.11 Å². The first-order valence-electron chi connectivity index (χ1n) is 8.32. The molecule has 28 heavy (non-hydrogen) atoms. The predicted molar refractivity (Wildman–Crippen MR) is 96.8 cm³/mol. The SMILES string of the molecule is COCCO[C@]1(c2ccc(F)cc2)C(=O)N(CC(N)O)c2ncc(F)c(Cl)c21. The van der Waals surface area contributed by atoms with Crippen molar-refractivity contribution in [2.24, 2.45) is 5.73 Å². The van der Waals surface area contributed by atoms with Crippen LogP contribution in [0.15, 0.2) is 30.5 Å². The predicted octanol–water partition coefficient (Wildman–Crippen LogP) is 1.54. The maximum atomic E-state index is 14.3. The second kappa shape index (κ2) is 8.06. The van der Waals surface area contributed by atoms with Gasteiger partial charge in [0.1, 0.15) is 17.9 Å². The Morgan fingerprint density at radius 1 is 1.32 bits per heavy atom. The highest BCUT2D eigenvalue weighted by Gasteiger charge is 2.56. The molecular weight excluding hydrogens is 396 g/mol. The molecule has 0 saturated heterocycles. The summed E-state index contributed by atoms with van der Waals surface area (Å²) in [7, 11) is 1.45. The first-order chi connectivity index (χ1) is 13.3. The fourth-order valence-electron chi connectivity index (χ4n) is 3.17. The van der Waals surface area contributed by atoms with Gasteiger partial charge in [-0.15, -0.1) is 0 Å². The summed E-state index contributed by atoms with van der Waals surface area (Å²) < 4.78 is 38.6. The Labute approximate surface area is 164 Å². The molecule has 2 aromatic rings. The number of hydrogen-bond acceptors (Lipinski definition) is 6. The number of nitrogens with two attached hydrogens (primary N) is 1. The summed E-state index contributed by atoms with van der Waals surface area (Å²) in [6, 6.07) is 4.97. The summed E-state index contributed by atoms with van der Waals surface area (Å²) in [6.45, 7) is -0.242. The van der Waals surface area contributed by atoms with Crippen LogP contribution in [0.2, 0.25) is 5.02 Å². The molecule has 2 heterocycles. The molecule has 1 unspecified atom stereocenters. The van der Waals surface area contributed by atoms with Crippen molar-refractivity contribution >= 4 is 23.3 Å². The van der Waals surface area contributed by atoms with E-state index in [1.165, 1.54) is 19.2 Å². The molecule has 10 heteroatoms. The number of ether oxygens (including phenoxy) is 2. The van der Waals surface area contributed by atoms with E-state index < -0.39 is 29.4 Å². The topological polar surface area (TPSA) is 97.9 Å². The van der Waals surface area contributed by atoms with E-state index in [2.05, 4.69) is 4.98 Å². The van der Waals surface area contributed by atoms with Crippen LogP contribution in [-0.2, 0) is 19.9 Å². The minimum atomic E-state index is -1.90. The molecule has 1 aromatic carbocycles. The van der Waals surface area contributed by atoms with Gasteiger partial charge in [-0.2, -0.15) is 0 Å². The number of β-amino-alcohol motifs (C(OH)–C–C–N with tert-alkyl or cyclic N) is 1. The van der Waals surface area contributed by atoms with Gasteiger partial charge in [-0.3, -0.25) is 9.69 Å². The van der Waals surface area contributed by atoms with Gasteiger partial charge in [0.15, 0.2) is 5.82 Å². The van der Waals surface area contributed by atoms with Crippen LogP contribution in [0.1, 0.15) is 11.1 Å². The zero-order valence-electron chi connectivity index (χ0n) is 14.9. The molecule has 1 aromatic heterocycles. The van der Waals surface area contributed by atoms with E-state index in [4.69, 9.17) is 26.8 Å². The Kier molecular flexibility index (Phi) is 5.92. The van der Waals surface area contributed by atoms with Crippen molar-refractivity contribution in [3.8, 4) is 0 Å².